The minimum Gasteiger partial charge on any atom is -0.369 e. The van der Waals surface area contributed by atoms with Gasteiger partial charge in [-0.2, -0.15) is 0 Å². The lowest BCUT2D eigenvalue weighted by Crippen LogP contribution is -2.45. The SMILES string of the molecule is CCNC(=NCC(=O)Nc1ccc(F)c(F)c1F)NC1CCN(c2ccccc2)C1. The van der Waals surface area contributed by atoms with E-state index in [9.17, 15) is 18.0 Å². The largest absolute Gasteiger partial charge is 0.369 e. The van der Waals surface area contributed by atoms with E-state index in [0.29, 0.717) is 12.5 Å². The van der Waals surface area contributed by atoms with Crippen LogP contribution in [0.25, 0.3) is 0 Å². The van der Waals surface area contributed by atoms with Crippen LogP contribution >= 0.6 is 0 Å². The molecule has 3 rings (SSSR count). The molecule has 1 aliphatic rings. The molecular weight excluding hydrogens is 395 g/mol. The molecule has 0 radical (unpaired) electrons. The number of nitrogens with one attached hydrogen (secondary N) is 3. The summed E-state index contributed by atoms with van der Waals surface area (Å²) in [5, 5.41) is 8.57. The Morgan fingerprint density at radius 2 is 1.90 bits per heavy atom. The third-order valence-electron chi connectivity index (χ3n) is 4.68. The zero-order valence-corrected chi connectivity index (χ0v) is 16.6. The molecule has 0 spiro atoms. The molecule has 0 bridgehead atoms. The first kappa shape index (κ1) is 21.5. The summed E-state index contributed by atoms with van der Waals surface area (Å²) in [6, 6.07) is 12.0. The molecular formula is C21H24F3N5O. The van der Waals surface area contributed by atoms with Crippen LogP contribution in [-0.4, -0.2) is 44.1 Å². The lowest BCUT2D eigenvalue weighted by atomic mass is 10.2. The number of rotatable bonds is 6. The van der Waals surface area contributed by atoms with Crippen LogP contribution in [0.2, 0.25) is 0 Å². The number of hydrogen-bond acceptors (Lipinski definition) is 3. The van der Waals surface area contributed by atoms with Crippen molar-refractivity contribution >= 4 is 23.2 Å². The molecule has 2 aromatic carbocycles. The monoisotopic (exact) mass is 419 g/mol. The van der Waals surface area contributed by atoms with Crippen molar-refractivity contribution in [3.63, 3.8) is 0 Å². The van der Waals surface area contributed by atoms with Crippen LogP contribution < -0.4 is 20.9 Å². The number of para-hydroxylation sites is 1. The standard InChI is InChI=1S/C21H24F3N5O/c1-2-25-21(27-14-10-11-29(13-14)15-6-4-3-5-7-15)26-12-18(30)28-17-9-8-16(22)19(23)20(17)24/h3-9,14H,2,10-13H2,1H3,(H,28,30)(H2,25,26,27). The van der Waals surface area contributed by atoms with Crippen molar-refractivity contribution in [1.82, 2.24) is 10.6 Å². The fraction of sp³-hybridized carbons (Fsp3) is 0.333. The van der Waals surface area contributed by atoms with Gasteiger partial charge in [0.1, 0.15) is 6.54 Å². The normalized spacial score (nSPS) is 16.5. The Hall–Kier alpha value is -3.23. The second kappa shape index (κ2) is 10.00. The number of carbonyl (C=O) groups excluding carboxylic acids is 1. The van der Waals surface area contributed by atoms with E-state index in [-0.39, 0.29) is 12.6 Å². The third kappa shape index (κ3) is 5.43. The van der Waals surface area contributed by atoms with Gasteiger partial charge in [0.25, 0.3) is 0 Å². The molecule has 1 unspecified atom stereocenters. The lowest BCUT2D eigenvalue weighted by molar-refractivity contribution is -0.114. The van der Waals surface area contributed by atoms with Gasteiger partial charge in [-0.05, 0) is 37.6 Å². The van der Waals surface area contributed by atoms with Gasteiger partial charge in [0, 0.05) is 31.4 Å². The van der Waals surface area contributed by atoms with E-state index in [1.165, 1.54) is 0 Å². The van der Waals surface area contributed by atoms with Crippen molar-refractivity contribution in [2.45, 2.75) is 19.4 Å². The quantitative estimate of drug-likeness (QED) is 0.383. The Balaban J connectivity index is 1.57. The van der Waals surface area contributed by atoms with E-state index in [1.807, 2.05) is 25.1 Å². The number of halogens is 3. The molecule has 0 saturated carbocycles. The summed E-state index contributed by atoms with van der Waals surface area (Å²) in [6.07, 6.45) is 0.908. The van der Waals surface area contributed by atoms with Crippen molar-refractivity contribution in [3.05, 3.63) is 59.9 Å². The Morgan fingerprint density at radius 1 is 1.13 bits per heavy atom. The molecule has 2 aromatic rings. The summed E-state index contributed by atoms with van der Waals surface area (Å²) in [6.45, 7) is 3.89. The van der Waals surface area contributed by atoms with Crippen LogP contribution in [0.15, 0.2) is 47.5 Å². The fourth-order valence-electron chi connectivity index (χ4n) is 3.23. The van der Waals surface area contributed by atoms with Crippen molar-refractivity contribution in [3.8, 4) is 0 Å². The zero-order chi connectivity index (χ0) is 21.5. The maximum absolute atomic E-state index is 13.7. The van der Waals surface area contributed by atoms with Crippen molar-refractivity contribution in [1.29, 1.82) is 0 Å². The molecule has 1 atom stereocenters. The maximum atomic E-state index is 13.7. The van der Waals surface area contributed by atoms with E-state index in [1.54, 1.807) is 0 Å². The summed E-state index contributed by atoms with van der Waals surface area (Å²) >= 11 is 0. The Bertz CT molecular complexity index is 907. The van der Waals surface area contributed by atoms with E-state index >= 15 is 0 Å². The number of amides is 1. The maximum Gasteiger partial charge on any atom is 0.246 e. The molecule has 1 amide bonds. The highest BCUT2D eigenvalue weighted by Crippen LogP contribution is 2.20. The Kier molecular flexibility index (Phi) is 7.16. The topological polar surface area (TPSA) is 68.8 Å². The van der Waals surface area contributed by atoms with Gasteiger partial charge in [-0.3, -0.25) is 4.79 Å². The van der Waals surface area contributed by atoms with Crippen LogP contribution in [0, 0.1) is 17.5 Å². The second-order valence-corrected chi connectivity index (χ2v) is 6.88. The number of hydrogen-bond donors (Lipinski definition) is 3. The number of benzene rings is 2. The first-order chi connectivity index (χ1) is 14.5. The number of aliphatic imine (C=N–C) groups is 1. The smallest absolute Gasteiger partial charge is 0.246 e. The zero-order valence-electron chi connectivity index (χ0n) is 16.6. The van der Waals surface area contributed by atoms with Crippen LogP contribution in [0.3, 0.4) is 0 Å². The van der Waals surface area contributed by atoms with Gasteiger partial charge >= 0.3 is 0 Å². The molecule has 1 fully saturated rings. The molecule has 0 aromatic heterocycles. The predicted molar refractivity (Wildman–Crippen MR) is 111 cm³/mol. The van der Waals surface area contributed by atoms with Crippen LogP contribution in [-0.2, 0) is 4.79 Å². The highest BCUT2D eigenvalue weighted by atomic mass is 19.2. The first-order valence-corrected chi connectivity index (χ1v) is 9.76. The molecule has 160 valence electrons. The Labute approximate surface area is 173 Å². The summed E-state index contributed by atoms with van der Waals surface area (Å²) in [5.74, 6) is -4.57. The van der Waals surface area contributed by atoms with E-state index in [0.717, 1.165) is 37.3 Å². The van der Waals surface area contributed by atoms with Crippen LogP contribution in [0.1, 0.15) is 13.3 Å². The van der Waals surface area contributed by atoms with Gasteiger partial charge in [0.15, 0.2) is 23.4 Å². The average molecular weight is 419 g/mol. The Morgan fingerprint density at radius 3 is 2.63 bits per heavy atom. The molecule has 3 N–H and O–H groups in total. The molecule has 1 heterocycles. The van der Waals surface area contributed by atoms with Gasteiger partial charge in [-0.25, -0.2) is 18.2 Å². The molecule has 30 heavy (non-hydrogen) atoms. The minimum absolute atomic E-state index is 0.148. The highest BCUT2D eigenvalue weighted by molar-refractivity contribution is 5.94. The highest BCUT2D eigenvalue weighted by Gasteiger charge is 2.23. The van der Waals surface area contributed by atoms with Crippen molar-refractivity contribution < 1.29 is 18.0 Å². The molecule has 9 heteroatoms. The number of nitrogens with zero attached hydrogens (tertiary/aromatic N) is 2. The molecule has 1 aliphatic heterocycles. The summed E-state index contributed by atoms with van der Waals surface area (Å²) in [7, 11) is 0. The van der Waals surface area contributed by atoms with E-state index in [2.05, 4.69) is 38.0 Å². The molecule has 0 aliphatic carbocycles. The average Bonchev–Trinajstić information content (AvgIpc) is 3.22. The fourth-order valence-corrected chi connectivity index (χ4v) is 3.23. The first-order valence-electron chi connectivity index (χ1n) is 9.76. The number of anilines is 2. The van der Waals surface area contributed by atoms with Crippen LogP contribution in [0.4, 0.5) is 24.5 Å². The van der Waals surface area contributed by atoms with E-state index < -0.39 is 29.0 Å². The van der Waals surface area contributed by atoms with Gasteiger partial charge in [-0.15, -0.1) is 0 Å². The molecule has 1 saturated heterocycles. The third-order valence-corrected chi connectivity index (χ3v) is 4.68. The van der Waals surface area contributed by atoms with Gasteiger partial charge in [0.05, 0.1) is 5.69 Å². The molecule has 6 nitrogen and oxygen atoms in total. The summed E-state index contributed by atoms with van der Waals surface area (Å²) < 4.78 is 40.0. The number of guanidine groups is 1. The second-order valence-electron chi connectivity index (χ2n) is 6.88. The predicted octanol–water partition coefficient (Wildman–Crippen LogP) is 2.88. The summed E-state index contributed by atoms with van der Waals surface area (Å²) in [4.78, 5) is 18.6. The minimum atomic E-state index is -1.63. The van der Waals surface area contributed by atoms with Crippen molar-refractivity contribution in [2.75, 3.05) is 36.4 Å². The van der Waals surface area contributed by atoms with Crippen LogP contribution in [0.5, 0.6) is 0 Å². The van der Waals surface area contributed by atoms with Gasteiger partial charge < -0.3 is 20.9 Å². The number of carbonyl (C=O) groups is 1. The van der Waals surface area contributed by atoms with E-state index in [4.69, 9.17) is 0 Å². The van der Waals surface area contributed by atoms with Gasteiger partial charge in [-0.1, -0.05) is 18.2 Å². The summed E-state index contributed by atoms with van der Waals surface area (Å²) in [5.41, 5.74) is 0.720. The van der Waals surface area contributed by atoms with Gasteiger partial charge in [0.2, 0.25) is 5.91 Å². The van der Waals surface area contributed by atoms with Crippen molar-refractivity contribution in [2.24, 2.45) is 4.99 Å². The lowest BCUT2D eigenvalue weighted by Gasteiger charge is -2.20.